The zero-order valence-electron chi connectivity index (χ0n) is 16.0. The minimum Gasteiger partial charge on any atom is -0.352 e. The van der Waals surface area contributed by atoms with Crippen molar-refractivity contribution in [3.8, 4) is 0 Å². The maximum Gasteiger partial charge on any atom is 0.325 e. The van der Waals surface area contributed by atoms with Gasteiger partial charge in [0.25, 0.3) is 11.8 Å². The van der Waals surface area contributed by atoms with Crippen molar-refractivity contribution >= 4 is 29.4 Å². The van der Waals surface area contributed by atoms with Crippen molar-refractivity contribution in [3.05, 3.63) is 65.7 Å². The summed E-state index contributed by atoms with van der Waals surface area (Å²) >= 11 is 0. The van der Waals surface area contributed by atoms with Crippen LogP contribution in [0.4, 0.5) is 10.5 Å². The Kier molecular flexibility index (Phi) is 6.23. The van der Waals surface area contributed by atoms with Crippen LogP contribution in [0.5, 0.6) is 0 Å². The molecule has 1 heterocycles. The van der Waals surface area contributed by atoms with Gasteiger partial charge in [-0.2, -0.15) is 0 Å². The number of benzene rings is 2. The van der Waals surface area contributed by atoms with Gasteiger partial charge in [-0.05, 0) is 30.7 Å². The molecule has 0 unspecified atom stereocenters. The lowest BCUT2D eigenvalue weighted by atomic mass is 10.1. The van der Waals surface area contributed by atoms with Gasteiger partial charge >= 0.3 is 6.03 Å². The Hall–Kier alpha value is -3.68. The highest BCUT2D eigenvalue weighted by atomic mass is 16.2. The third-order valence-electron chi connectivity index (χ3n) is 4.44. The van der Waals surface area contributed by atoms with E-state index >= 15 is 0 Å². The molecule has 1 saturated heterocycles. The summed E-state index contributed by atoms with van der Waals surface area (Å²) in [5, 5.41) is 7.91. The molecular weight excluding hydrogens is 372 g/mol. The fraction of sp³-hybridized carbons (Fsp3) is 0.238. The van der Waals surface area contributed by atoms with Crippen LogP contribution >= 0.6 is 0 Å². The summed E-state index contributed by atoms with van der Waals surface area (Å²) in [5.74, 6) is -1.21. The molecule has 0 bridgehead atoms. The predicted molar refractivity (Wildman–Crippen MR) is 107 cm³/mol. The molecule has 1 fully saturated rings. The Labute approximate surface area is 168 Å². The molecule has 29 heavy (non-hydrogen) atoms. The molecule has 150 valence electrons. The van der Waals surface area contributed by atoms with Crippen LogP contribution in [0.15, 0.2) is 54.6 Å². The number of carbonyl (C=O) groups excluding carboxylic acids is 4. The molecule has 0 radical (unpaired) electrons. The largest absolute Gasteiger partial charge is 0.352 e. The van der Waals surface area contributed by atoms with E-state index in [4.69, 9.17) is 0 Å². The second-order valence-corrected chi connectivity index (χ2v) is 6.60. The molecule has 3 N–H and O–H groups in total. The first-order valence-corrected chi connectivity index (χ1v) is 9.32. The number of urea groups is 1. The molecular formula is C21H22N4O4. The van der Waals surface area contributed by atoms with Gasteiger partial charge in [0.05, 0.1) is 0 Å². The fourth-order valence-electron chi connectivity index (χ4n) is 3.06. The Bertz CT molecular complexity index is 929. The van der Waals surface area contributed by atoms with E-state index in [-0.39, 0.29) is 5.91 Å². The van der Waals surface area contributed by atoms with Crippen molar-refractivity contribution in [2.75, 3.05) is 18.4 Å². The monoisotopic (exact) mass is 394 g/mol. The van der Waals surface area contributed by atoms with E-state index in [1.807, 2.05) is 37.3 Å². The van der Waals surface area contributed by atoms with Gasteiger partial charge in [-0.1, -0.05) is 36.4 Å². The van der Waals surface area contributed by atoms with Gasteiger partial charge in [-0.25, -0.2) is 4.79 Å². The quantitative estimate of drug-likeness (QED) is 0.619. The minimum absolute atomic E-state index is 0.249. The lowest BCUT2D eigenvalue weighted by Crippen LogP contribution is -2.38. The Morgan fingerprint density at radius 3 is 2.55 bits per heavy atom. The van der Waals surface area contributed by atoms with Crippen molar-refractivity contribution in [3.63, 3.8) is 0 Å². The predicted octanol–water partition coefficient (Wildman–Crippen LogP) is 1.54. The highest BCUT2D eigenvalue weighted by molar-refractivity contribution is 6.08. The maximum atomic E-state index is 12.5. The summed E-state index contributed by atoms with van der Waals surface area (Å²) in [6.07, 6.45) is 0.359. The summed E-state index contributed by atoms with van der Waals surface area (Å²) in [5.41, 5.74) is 1.73. The van der Waals surface area contributed by atoms with Crippen molar-refractivity contribution < 1.29 is 19.2 Å². The van der Waals surface area contributed by atoms with Gasteiger partial charge in [-0.3, -0.25) is 19.3 Å². The van der Waals surface area contributed by atoms with Crippen molar-refractivity contribution in [2.45, 2.75) is 19.4 Å². The molecule has 1 atom stereocenters. The third-order valence-corrected chi connectivity index (χ3v) is 4.44. The van der Waals surface area contributed by atoms with Gasteiger partial charge in [0.15, 0.2) is 0 Å². The first-order chi connectivity index (χ1) is 14.0. The molecule has 1 aliphatic heterocycles. The molecule has 1 aliphatic rings. The van der Waals surface area contributed by atoms with E-state index in [1.165, 1.54) is 6.07 Å². The lowest BCUT2D eigenvalue weighted by Gasteiger charge is -2.13. The Morgan fingerprint density at radius 2 is 1.83 bits per heavy atom. The number of hydrogen-bond donors (Lipinski definition) is 3. The second-order valence-electron chi connectivity index (χ2n) is 6.60. The number of anilines is 1. The standard InChI is InChI=1S/C21H22N4O4/c1-2-22-19(27)15-9-6-10-16(12-15)23-18(26)13-25-20(28)17(24-21(25)29)11-14-7-4-3-5-8-14/h3-10,12,17H,2,11,13H2,1H3,(H,22,27)(H,23,26)(H,24,29)/t17-/m0/s1. The van der Waals surface area contributed by atoms with Crippen LogP contribution in [0.2, 0.25) is 0 Å². The molecule has 8 nitrogen and oxygen atoms in total. The molecule has 2 aromatic carbocycles. The molecule has 0 aliphatic carbocycles. The van der Waals surface area contributed by atoms with E-state index in [1.54, 1.807) is 18.2 Å². The molecule has 3 rings (SSSR count). The van der Waals surface area contributed by atoms with E-state index in [0.29, 0.717) is 24.2 Å². The SMILES string of the molecule is CCNC(=O)c1cccc(NC(=O)CN2C(=O)N[C@@H](Cc3ccccc3)C2=O)c1. The third kappa shape index (κ3) is 4.98. The van der Waals surface area contributed by atoms with Crippen molar-refractivity contribution in [1.29, 1.82) is 0 Å². The number of nitrogens with zero attached hydrogens (tertiary/aromatic N) is 1. The number of rotatable bonds is 7. The van der Waals surface area contributed by atoms with Crippen LogP contribution in [0.1, 0.15) is 22.8 Å². The highest BCUT2D eigenvalue weighted by Crippen LogP contribution is 2.14. The average molecular weight is 394 g/mol. The molecule has 0 saturated carbocycles. The smallest absolute Gasteiger partial charge is 0.325 e. The van der Waals surface area contributed by atoms with Crippen LogP contribution in [-0.2, 0) is 16.0 Å². The van der Waals surface area contributed by atoms with Crippen LogP contribution < -0.4 is 16.0 Å². The van der Waals surface area contributed by atoms with Gasteiger partial charge in [-0.15, -0.1) is 0 Å². The average Bonchev–Trinajstić information content (AvgIpc) is 2.96. The first kappa shape index (κ1) is 20.1. The molecule has 0 aromatic heterocycles. The first-order valence-electron chi connectivity index (χ1n) is 9.32. The van der Waals surface area contributed by atoms with Crippen LogP contribution in [0.3, 0.4) is 0 Å². The zero-order valence-corrected chi connectivity index (χ0v) is 16.0. The van der Waals surface area contributed by atoms with E-state index in [9.17, 15) is 19.2 Å². The van der Waals surface area contributed by atoms with Gasteiger partial charge in [0.2, 0.25) is 5.91 Å². The van der Waals surface area contributed by atoms with Crippen molar-refractivity contribution in [1.82, 2.24) is 15.5 Å². The number of nitrogens with one attached hydrogen (secondary N) is 3. The number of carbonyl (C=O) groups is 4. The normalized spacial score (nSPS) is 15.8. The number of amides is 5. The molecule has 2 aromatic rings. The van der Waals surface area contributed by atoms with Gasteiger partial charge in [0, 0.05) is 24.2 Å². The van der Waals surface area contributed by atoms with E-state index < -0.39 is 30.4 Å². The summed E-state index contributed by atoms with van der Waals surface area (Å²) in [6, 6.07) is 14.5. The zero-order chi connectivity index (χ0) is 20.8. The number of hydrogen-bond acceptors (Lipinski definition) is 4. The van der Waals surface area contributed by atoms with Crippen molar-refractivity contribution in [2.24, 2.45) is 0 Å². The lowest BCUT2D eigenvalue weighted by molar-refractivity contribution is -0.130. The summed E-state index contributed by atoms with van der Waals surface area (Å²) in [7, 11) is 0. The summed E-state index contributed by atoms with van der Waals surface area (Å²) < 4.78 is 0. The van der Waals surface area contributed by atoms with E-state index in [2.05, 4.69) is 16.0 Å². The maximum absolute atomic E-state index is 12.5. The van der Waals surface area contributed by atoms with Crippen LogP contribution in [0, 0.1) is 0 Å². The summed E-state index contributed by atoms with van der Waals surface area (Å²) in [4.78, 5) is 49.8. The van der Waals surface area contributed by atoms with Crippen LogP contribution in [-0.4, -0.2) is 47.8 Å². The Balaban J connectivity index is 1.60. The Morgan fingerprint density at radius 1 is 1.07 bits per heavy atom. The second kappa shape index (κ2) is 9.01. The fourth-order valence-corrected chi connectivity index (χ4v) is 3.06. The molecule has 8 heteroatoms. The van der Waals surface area contributed by atoms with Gasteiger partial charge in [0.1, 0.15) is 12.6 Å². The van der Waals surface area contributed by atoms with Gasteiger partial charge < -0.3 is 16.0 Å². The molecule has 5 amide bonds. The minimum atomic E-state index is -0.696. The number of imide groups is 1. The molecule has 0 spiro atoms. The topological polar surface area (TPSA) is 108 Å². The summed E-state index contributed by atoms with van der Waals surface area (Å²) in [6.45, 7) is 1.90. The van der Waals surface area contributed by atoms with Crippen LogP contribution in [0.25, 0.3) is 0 Å². The highest BCUT2D eigenvalue weighted by Gasteiger charge is 2.38. The van der Waals surface area contributed by atoms with E-state index in [0.717, 1.165) is 10.5 Å².